The molecule has 0 fully saturated rings. The van der Waals surface area contributed by atoms with E-state index >= 15 is 0 Å². The number of nitrogens with two attached hydrogens (primary N) is 1. The molecule has 1 rings (SSSR count). The molecule has 7 heteroatoms. The van der Waals surface area contributed by atoms with E-state index in [1.54, 1.807) is 24.3 Å². The van der Waals surface area contributed by atoms with Gasteiger partial charge in [0, 0.05) is 12.1 Å². The number of nitrogens with one attached hydrogen (secondary N) is 2. The van der Waals surface area contributed by atoms with E-state index in [9.17, 15) is 14.4 Å². The molecular weight excluding hydrogens is 334 g/mol. The lowest BCUT2D eigenvalue weighted by Crippen LogP contribution is -2.47. The van der Waals surface area contributed by atoms with Crippen molar-refractivity contribution in [1.29, 1.82) is 0 Å². The minimum absolute atomic E-state index is 0.0393. The van der Waals surface area contributed by atoms with Crippen molar-refractivity contribution in [3.05, 3.63) is 24.3 Å². The molecule has 7 nitrogen and oxygen atoms in total. The lowest BCUT2D eigenvalue weighted by atomic mass is 10.0. The quantitative estimate of drug-likeness (QED) is 0.591. The molecule has 1 atom stereocenters. The number of hydrogen-bond acceptors (Lipinski definition) is 4. The van der Waals surface area contributed by atoms with Gasteiger partial charge in [0.2, 0.25) is 17.7 Å². The van der Waals surface area contributed by atoms with Crippen molar-refractivity contribution in [3.8, 4) is 5.75 Å². The second-order valence-electron chi connectivity index (χ2n) is 6.97. The highest BCUT2D eigenvalue weighted by atomic mass is 16.5. The van der Waals surface area contributed by atoms with Crippen LogP contribution in [0.1, 0.15) is 40.5 Å². The molecule has 0 radical (unpaired) electrons. The Morgan fingerprint density at radius 3 is 2.19 bits per heavy atom. The Kier molecular flexibility index (Phi) is 8.61. The van der Waals surface area contributed by atoms with Crippen LogP contribution < -0.4 is 21.1 Å². The molecule has 0 bridgehead atoms. The topological polar surface area (TPSA) is 111 Å². The average Bonchev–Trinajstić information content (AvgIpc) is 2.53. The van der Waals surface area contributed by atoms with Crippen molar-refractivity contribution >= 4 is 23.4 Å². The van der Waals surface area contributed by atoms with Crippen LogP contribution in [0.4, 0.5) is 5.69 Å². The number of rotatable bonds is 10. The van der Waals surface area contributed by atoms with Gasteiger partial charge in [0.15, 0.2) is 0 Å². The van der Waals surface area contributed by atoms with E-state index in [0.717, 1.165) is 0 Å². The highest BCUT2D eigenvalue weighted by Crippen LogP contribution is 2.17. The first-order chi connectivity index (χ1) is 12.2. The zero-order valence-corrected chi connectivity index (χ0v) is 15.9. The fourth-order valence-electron chi connectivity index (χ4n) is 2.26. The Morgan fingerprint density at radius 1 is 1.08 bits per heavy atom. The van der Waals surface area contributed by atoms with Crippen LogP contribution in [0.2, 0.25) is 0 Å². The monoisotopic (exact) mass is 363 g/mol. The van der Waals surface area contributed by atoms with Gasteiger partial charge in [0.1, 0.15) is 11.8 Å². The zero-order chi connectivity index (χ0) is 19.7. The number of anilines is 1. The molecule has 1 unspecified atom stereocenters. The lowest BCUT2D eigenvalue weighted by Gasteiger charge is -2.22. The molecule has 0 aliphatic heterocycles. The fraction of sp³-hybridized carbons (Fsp3) is 0.526. The predicted octanol–water partition coefficient (Wildman–Crippen LogP) is 2.07. The Morgan fingerprint density at radius 2 is 1.69 bits per heavy atom. The van der Waals surface area contributed by atoms with Gasteiger partial charge in [-0.3, -0.25) is 14.4 Å². The van der Waals surface area contributed by atoms with Gasteiger partial charge < -0.3 is 21.1 Å². The lowest BCUT2D eigenvalue weighted by molar-refractivity contribution is -0.127. The first-order valence-corrected chi connectivity index (χ1v) is 8.80. The Labute approximate surface area is 154 Å². The standard InChI is InChI=1S/C19H29N3O4/c1-12(2)11-17(24)22-18(13(3)4)19(25)21-14-5-7-15(8-6-14)26-10-9-16(20)23/h5-8,12-13,18H,9-11H2,1-4H3,(H2,20,23)(H,21,25)(H,22,24). The van der Waals surface area contributed by atoms with Crippen LogP contribution >= 0.6 is 0 Å². The third kappa shape index (κ3) is 8.00. The summed E-state index contributed by atoms with van der Waals surface area (Å²) >= 11 is 0. The minimum atomic E-state index is -0.604. The van der Waals surface area contributed by atoms with Crippen LogP contribution in [0, 0.1) is 11.8 Å². The van der Waals surface area contributed by atoms with Gasteiger partial charge in [0.05, 0.1) is 13.0 Å². The molecule has 0 aliphatic rings. The van der Waals surface area contributed by atoms with Crippen molar-refractivity contribution in [2.75, 3.05) is 11.9 Å². The maximum absolute atomic E-state index is 12.5. The molecular formula is C19H29N3O4. The summed E-state index contributed by atoms with van der Waals surface area (Å²) in [5.74, 6) is -0.0509. The number of ether oxygens (including phenoxy) is 1. The van der Waals surface area contributed by atoms with Crippen molar-refractivity contribution in [1.82, 2.24) is 5.32 Å². The molecule has 1 aromatic carbocycles. The molecule has 3 amide bonds. The normalized spacial score (nSPS) is 11.9. The number of hydrogen-bond donors (Lipinski definition) is 3. The Bertz CT molecular complexity index is 612. The Balaban J connectivity index is 2.62. The smallest absolute Gasteiger partial charge is 0.247 e. The van der Waals surface area contributed by atoms with Gasteiger partial charge in [-0.2, -0.15) is 0 Å². The molecule has 26 heavy (non-hydrogen) atoms. The molecule has 0 aliphatic carbocycles. The summed E-state index contributed by atoms with van der Waals surface area (Å²) in [4.78, 5) is 35.2. The maximum atomic E-state index is 12.5. The zero-order valence-electron chi connectivity index (χ0n) is 15.9. The van der Waals surface area contributed by atoms with Crippen molar-refractivity contribution in [2.45, 2.75) is 46.6 Å². The maximum Gasteiger partial charge on any atom is 0.247 e. The second kappa shape index (κ2) is 10.4. The molecule has 0 heterocycles. The van der Waals surface area contributed by atoms with Crippen LogP contribution in [0.15, 0.2) is 24.3 Å². The highest BCUT2D eigenvalue weighted by Gasteiger charge is 2.24. The van der Waals surface area contributed by atoms with Gasteiger partial charge in [-0.1, -0.05) is 27.7 Å². The summed E-state index contributed by atoms with van der Waals surface area (Å²) < 4.78 is 5.38. The van der Waals surface area contributed by atoms with Gasteiger partial charge in [-0.05, 0) is 36.1 Å². The van der Waals surface area contributed by atoms with E-state index in [2.05, 4.69) is 10.6 Å². The van der Waals surface area contributed by atoms with Gasteiger partial charge in [-0.25, -0.2) is 0 Å². The molecule has 144 valence electrons. The van der Waals surface area contributed by atoms with Crippen LogP contribution in [-0.2, 0) is 14.4 Å². The van der Waals surface area contributed by atoms with Gasteiger partial charge in [-0.15, -0.1) is 0 Å². The fourth-order valence-corrected chi connectivity index (χ4v) is 2.26. The van der Waals surface area contributed by atoms with E-state index in [4.69, 9.17) is 10.5 Å². The van der Waals surface area contributed by atoms with Crippen molar-refractivity contribution in [3.63, 3.8) is 0 Å². The van der Waals surface area contributed by atoms with E-state index in [0.29, 0.717) is 17.9 Å². The largest absolute Gasteiger partial charge is 0.493 e. The molecule has 0 aromatic heterocycles. The van der Waals surface area contributed by atoms with E-state index in [1.165, 1.54) is 0 Å². The van der Waals surface area contributed by atoms with Crippen LogP contribution in [0.3, 0.4) is 0 Å². The summed E-state index contributed by atoms with van der Waals surface area (Å²) in [5, 5.41) is 5.60. The summed E-state index contributed by atoms with van der Waals surface area (Å²) in [5.41, 5.74) is 5.65. The van der Waals surface area contributed by atoms with E-state index < -0.39 is 11.9 Å². The number of carbonyl (C=O) groups excluding carboxylic acids is 3. The van der Waals surface area contributed by atoms with E-state index in [1.807, 2.05) is 27.7 Å². The number of amides is 3. The average molecular weight is 363 g/mol. The number of carbonyl (C=O) groups is 3. The number of benzene rings is 1. The van der Waals surface area contributed by atoms with Gasteiger partial charge in [0.25, 0.3) is 0 Å². The second-order valence-corrected chi connectivity index (χ2v) is 6.97. The van der Waals surface area contributed by atoms with Crippen LogP contribution in [0.25, 0.3) is 0 Å². The van der Waals surface area contributed by atoms with E-state index in [-0.39, 0.29) is 36.7 Å². The predicted molar refractivity (Wildman–Crippen MR) is 101 cm³/mol. The summed E-state index contributed by atoms with van der Waals surface area (Å²) in [6.45, 7) is 7.89. The summed E-state index contributed by atoms with van der Waals surface area (Å²) in [7, 11) is 0. The molecule has 0 saturated carbocycles. The van der Waals surface area contributed by atoms with Crippen molar-refractivity contribution in [2.24, 2.45) is 17.6 Å². The van der Waals surface area contributed by atoms with Crippen molar-refractivity contribution < 1.29 is 19.1 Å². The first kappa shape index (κ1) is 21.5. The summed E-state index contributed by atoms with van der Waals surface area (Å²) in [6, 6.07) is 6.18. The SMILES string of the molecule is CC(C)CC(=O)NC(C(=O)Nc1ccc(OCCC(N)=O)cc1)C(C)C. The third-order valence-corrected chi connectivity index (χ3v) is 3.60. The Hall–Kier alpha value is -2.57. The minimum Gasteiger partial charge on any atom is -0.493 e. The molecule has 4 N–H and O–H groups in total. The molecule has 1 aromatic rings. The van der Waals surface area contributed by atoms with Crippen LogP contribution in [-0.4, -0.2) is 30.4 Å². The molecule has 0 spiro atoms. The van der Waals surface area contributed by atoms with Crippen LogP contribution in [0.5, 0.6) is 5.75 Å². The summed E-state index contributed by atoms with van der Waals surface area (Å²) in [6.07, 6.45) is 0.526. The number of primary amides is 1. The molecule has 0 saturated heterocycles. The third-order valence-electron chi connectivity index (χ3n) is 3.60. The van der Waals surface area contributed by atoms with Gasteiger partial charge >= 0.3 is 0 Å². The highest BCUT2D eigenvalue weighted by molar-refractivity contribution is 5.97. The first-order valence-electron chi connectivity index (χ1n) is 8.80.